The summed E-state index contributed by atoms with van der Waals surface area (Å²) in [5.41, 5.74) is 1.06. The number of piperidine rings is 2. The number of nitrogens with zero attached hydrogens (tertiary/aromatic N) is 2. The molecule has 2 saturated carbocycles. The third kappa shape index (κ3) is 2.74. The van der Waals surface area contributed by atoms with Gasteiger partial charge in [-0.3, -0.25) is 4.90 Å². The van der Waals surface area contributed by atoms with E-state index in [1.807, 2.05) is 0 Å². The summed E-state index contributed by atoms with van der Waals surface area (Å²) in [4.78, 5) is 2.91. The van der Waals surface area contributed by atoms with E-state index in [0.29, 0.717) is 12.1 Å². The summed E-state index contributed by atoms with van der Waals surface area (Å²) in [6.45, 7) is 0. The van der Waals surface area contributed by atoms with Crippen LogP contribution in [0.1, 0.15) is 77.0 Å². The highest BCUT2D eigenvalue weighted by Gasteiger charge is 2.43. The van der Waals surface area contributed by atoms with Crippen LogP contribution in [-0.2, 0) is 0 Å². The van der Waals surface area contributed by atoms with E-state index < -0.39 is 0 Å². The molecular formula is C18H30N2O. The van der Waals surface area contributed by atoms with Crippen LogP contribution in [0, 0.1) is 11.8 Å². The number of fused-ring (bicyclic) bond motifs is 4. The van der Waals surface area contributed by atoms with Gasteiger partial charge in [-0.2, -0.15) is 0 Å². The van der Waals surface area contributed by atoms with E-state index in [1.54, 1.807) is 0 Å². The molecular weight excluding hydrogens is 260 g/mol. The fraction of sp³-hybridized carbons (Fsp3) is 0.944. The van der Waals surface area contributed by atoms with Gasteiger partial charge in [-0.1, -0.05) is 37.3 Å². The molecule has 0 aromatic carbocycles. The Labute approximate surface area is 128 Å². The molecule has 2 aliphatic carbocycles. The molecule has 1 N–H and O–H groups in total. The van der Waals surface area contributed by atoms with Gasteiger partial charge in [0, 0.05) is 31.0 Å². The molecule has 0 radical (unpaired) electrons. The van der Waals surface area contributed by atoms with Gasteiger partial charge < -0.3 is 5.21 Å². The van der Waals surface area contributed by atoms with Gasteiger partial charge >= 0.3 is 0 Å². The minimum atomic E-state index is 0.675. The van der Waals surface area contributed by atoms with E-state index >= 15 is 0 Å². The highest BCUT2D eigenvalue weighted by molar-refractivity contribution is 5.86. The van der Waals surface area contributed by atoms with Crippen LogP contribution in [0.5, 0.6) is 0 Å². The largest absolute Gasteiger partial charge is 0.411 e. The lowest BCUT2D eigenvalue weighted by atomic mass is 9.74. The first-order chi connectivity index (χ1) is 10.3. The minimum Gasteiger partial charge on any atom is -0.411 e. The molecule has 0 aromatic rings. The molecule has 3 nitrogen and oxygen atoms in total. The van der Waals surface area contributed by atoms with Gasteiger partial charge in [-0.05, 0) is 43.9 Å². The van der Waals surface area contributed by atoms with Crippen molar-refractivity contribution in [1.82, 2.24) is 4.90 Å². The first-order valence-corrected chi connectivity index (χ1v) is 9.30. The highest BCUT2D eigenvalue weighted by atomic mass is 16.4. The molecule has 0 aromatic heterocycles. The summed E-state index contributed by atoms with van der Waals surface area (Å²) < 4.78 is 0. The van der Waals surface area contributed by atoms with Gasteiger partial charge in [0.25, 0.3) is 0 Å². The summed E-state index contributed by atoms with van der Waals surface area (Å²) in [6, 6.07) is 2.18. The van der Waals surface area contributed by atoms with Crippen LogP contribution in [0.25, 0.3) is 0 Å². The maximum absolute atomic E-state index is 9.18. The van der Waals surface area contributed by atoms with Crippen molar-refractivity contribution in [1.29, 1.82) is 0 Å². The molecule has 4 fully saturated rings. The number of oxime groups is 1. The van der Waals surface area contributed by atoms with E-state index in [1.165, 1.54) is 64.2 Å². The average molecular weight is 290 g/mol. The summed E-state index contributed by atoms with van der Waals surface area (Å²) in [5, 5.41) is 12.8. The van der Waals surface area contributed by atoms with Crippen LogP contribution in [-0.4, -0.2) is 33.9 Å². The number of hydrogen-bond donors (Lipinski definition) is 1. The Bertz CT molecular complexity index is 378. The molecule has 4 aliphatic rings. The van der Waals surface area contributed by atoms with E-state index in [9.17, 15) is 5.21 Å². The Kier molecular flexibility index (Phi) is 3.95. The van der Waals surface area contributed by atoms with E-state index in [-0.39, 0.29) is 0 Å². The molecule has 5 atom stereocenters. The molecule has 2 heterocycles. The van der Waals surface area contributed by atoms with Gasteiger partial charge in [0.1, 0.15) is 0 Å². The van der Waals surface area contributed by atoms with Crippen LogP contribution < -0.4 is 0 Å². The van der Waals surface area contributed by atoms with Crippen molar-refractivity contribution >= 4 is 5.71 Å². The van der Waals surface area contributed by atoms with Gasteiger partial charge in [0.15, 0.2) is 0 Å². The summed E-state index contributed by atoms with van der Waals surface area (Å²) in [7, 11) is 0. The molecule has 4 rings (SSSR count). The third-order valence-electron chi connectivity index (χ3n) is 6.78. The van der Waals surface area contributed by atoms with Crippen LogP contribution >= 0.6 is 0 Å². The second-order valence-corrected chi connectivity index (χ2v) is 8.14. The molecule has 4 bridgehead atoms. The Morgan fingerprint density at radius 1 is 0.762 bits per heavy atom. The van der Waals surface area contributed by atoms with Crippen molar-refractivity contribution in [2.24, 2.45) is 17.0 Å². The predicted octanol–water partition coefficient (Wildman–Crippen LogP) is 4.19. The molecule has 0 amide bonds. The SMILES string of the molecule is ON=C1C[C@H]2CCC[C@@H](C1)N2C1C[C@H]2CCCC[C@@H](C1)C2. The standard InChI is InChI=1S/C18H30N2O/c21-19-15-11-16-6-3-7-17(12-15)20(16)18-9-13-4-1-2-5-14(8-13)10-18/h13-14,16-18,21H,1-12H2/t13-,14+,16-,17+,18?. The smallest absolute Gasteiger partial charge is 0.0601 e. The lowest BCUT2D eigenvalue weighted by molar-refractivity contribution is -0.00496. The summed E-state index contributed by atoms with van der Waals surface area (Å²) in [5.74, 6) is 2.01. The second kappa shape index (κ2) is 5.91. The maximum Gasteiger partial charge on any atom is 0.0601 e. The second-order valence-electron chi connectivity index (χ2n) is 8.14. The van der Waals surface area contributed by atoms with Crippen LogP contribution in [0.15, 0.2) is 5.16 Å². The Morgan fingerprint density at radius 3 is 1.95 bits per heavy atom. The molecule has 2 aliphatic heterocycles. The number of rotatable bonds is 1. The van der Waals surface area contributed by atoms with Crippen molar-refractivity contribution in [2.75, 3.05) is 0 Å². The van der Waals surface area contributed by atoms with E-state index in [2.05, 4.69) is 10.1 Å². The first kappa shape index (κ1) is 14.0. The van der Waals surface area contributed by atoms with Crippen molar-refractivity contribution in [2.45, 2.75) is 95.2 Å². The van der Waals surface area contributed by atoms with Gasteiger partial charge in [0.05, 0.1) is 5.71 Å². The monoisotopic (exact) mass is 290 g/mol. The average Bonchev–Trinajstić information content (AvgIpc) is 2.66. The summed E-state index contributed by atoms with van der Waals surface area (Å²) >= 11 is 0. The van der Waals surface area contributed by atoms with E-state index in [0.717, 1.165) is 36.4 Å². The Hall–Kier alpha value is -0.570. The van der Waals surface area contributed by atoms with Gasteiger partial charge in [0.2, 0.25) is 0 Å². The maximum atomic E-state index is 9.18. The van der Waals surface area contributed by atoms with Crippen molar-refractivity contribution in [3.8, 4) is 0 Å². The van der Waals surface area contributed by atoms with Crippen LogP contribution in [0.3, 0.4) is 0 Å². The first-order valence-electron chi connectivity index (χ1n) is 9.30. The molecule has 1 unspecified atom stereocenters. The molecule has 0 spiro atoms. The predicted molar refractivity (Wildman–Crippen MR) is 84.8 cm³/mol. The number of hydrogen-bond acceptors (Lipinski definition) is 3. The lowest BCUT2D eigenvalue weighted by Gasteiger charge is -2.52. The Morgan fingerprint density at radius 2 is 1.38 bits per heavy atom. The van der Waals surface area contributed by atoms with Crippen molar-refractivity contribution in [3.63, 3.8) is 0 Å². The molecule has 2 saturated heterocycles. The van der Waals surface area contributed by atoms with Crippen LogP contribution in [0.4, 0.5) is 0 Å². The van der Waals surface area contributed by atoms with Gasteiger partial charge in [-0.15, -0.1) is 0 Å². The lowest BCUT2D eigenvalue weighted by Crippen LogP contribution is -2.58. The van der Waals surface area contributed by atoms with Gasteiger partial charge in [-0.25, -0.2) is 0 Å². The molecule has 21 heavy (non-hydrogen) atoms. The zero-order valence-electron chi connectivity index (χ0n) is 13.2. The fourth-order valence-electron chi connectivity index (χ4n) is 6.02. The van der Waals surface area contributed by atoms with Crippen molar-refractivity contribution < 1.29 is 5.21 Å². The Balaban J connectivity index is 1.52. The van der Waals surface area contributed by atoms with Crippen molar-refractivity contribution in [3.05, 3.63) is 0 Å². The minimum absolute atomic E-state index is 0.675. The van der Waals surface area contributed by atoms with E-state index in [4.69, 9.17) is 0 Å². The quantitative estimate of drug-likeness (QED) is 0.580. The third-order valence-corrected chi connectivity index (χ3v) is 6.78. The normalized spacial score (nSPS) is 46.3. The zero-order chi connectivity index (χ0) is 14.2. The highest BCUT2D eigenvalue weighted by Crippen LogP contribution is 2.44. The summed E-state index contributed by atoms with van der Waals surface area (Å²) in [6.07, 6.45) is 16.4. The van der Waals surface area contributed by atoms with Crippen LogP contribution in [0.2, 0.25) is 0 Å². The molecule has 3 heteroatoms. The molecule has 118 valence electrons. The topological polar surface area (TPSA) is 35.8 Å². The zero-order valence-corrected chi connectivity index (χ0v) is 13.2. The fourth-order valence-corrected chi connectivity index (χ4v) is 6.02.